The zero-order chi connectivity index (χ0) is 14.4. The van der Waals surface area contributed by atoms with E-state index >= 15 is 0 Å². The van der Waals surface area contributed by atoms with Crippen LogP contribution in [0, 0.1) is 6.92 Å². The number of benzene rings is 1. The van der Waals surface area contributed by atoms with Crippen molar-refractivity contribution in [1.82, 2.24) is 0 Å². The molecule has 1 aromatic carbocycles. The second-order valence-corrected chi connectivity index (χ2v) is 4.61. The Morgan fingerprint density at radius 2 is 2.00 bits per heavy atom. The van der Waals surface area contributed by atoms with Gasteiger partial charge in [-0.3, -0.25) is 0 Å². The highest BCUT2D eigenvalue weighted by molar-refractivity contribution is 5.65. The molecule has 0 aliphatic rings. The van der Waals surface area contributed by atoms with Crippen LogP contribution in [0.25, 0.3) is 0 Å². The van der Waals surface area contributed by atoms with Crippen molar-refractivity contribution >= 4 is 5.69 Å². The number of nitrogens with two attached hydrogens (primary N) is 1. The molecule has 0 bridgehead atoms. The van der Waals surface area contributed by atoms with Gasteiger partial charge >= 0.3 is 0 Å². The monoisotopic (exact) mass is 268 g/mol. The average molecular weight is 268 g/mol. The summed E-state index contributed by atoms with van der Waals surface area (Å²) in [4.78, 5) is 1.98. The molecular formula is C14H24N2O3. The Morgan fingerprint density at radius 1 is 1.32 bits per heavy atom. The molecule has 0 amide bonds. The lowest BCUT2D eigenvalue weighted by atomic mass is 10.1. The van der Waals surface area contributed by atoms with E-state index in [0.29, 0.717) is 19.5 Å². The van der Waals surface area contributed by atoms with Gasteiger partial charge in [-0.25, -0.2) is 0 Å². The molecule has 0 aliphatic heterocycles. The Labute approximate surface area is 114 Å². The molecule has 0 aliphatic carbocycles. The molecular weight excluding hydrogens is 244 g/mol. The van der Waals surface area contributed by atoms with E-state index in [4.69, 9.17) is 15.2 Å². The van der Waals surface area contributed by atoms with Crippen molar-refractivity contribution in [2.24, 2.45) is 5.73 Å². The fourth-order valence-electron chi connectivity index (χ4n) is 2.17. The number of likely N-dealkylation sites (N-methyl/N-ethyl adjacent to an activating group) is 1. The first-order chi connectivity index (χ1) is 9.03. The lowest BCUT2D eigenvalue weighted by Crippen LogP contribution is -2.31. The summed E-state index contributed by atoms with van der Waals surface area (Å²) in [7, 11) is 5.18. The van der Waals surface area contributed by atoms with E-state index in [0.717, 1.165) is 22.7 Å². The van der Waals surface area contributed by atoms with Crippen LogP contribution in [0.1, 0.15) is 12.0 Å². The van der Waals surface area contributed by atoms with Crippen LogP contribution < -0.4 is 20.1 Å². The molecule has 0 aromatic heterocycles. The van der Waals surface area contributed by atoms with E-state index in [1.807, 2.05) is 31.0 Å². The van der Waals surface area contributed by atoms with Crippen molar-refractivity contribution in [1.29, 1.82) is 0 Å². The zero-order valence-electron chi connectivity index (χ0n) is 12.1. The summed E-state index contributed by atoms with van der Waals surface area (Å²) in [6.45, 7) is 2.99. The zero-order valence-corrected chi connectivity index (χ0v) is 12.1. The molecule has 1 rings (SSSR count). The number of ether oxygens (including phenoxy) is 2. The maximum absolute atomic E-state index is 9.85. The van der Waals surface area contributed by atoms with E-state index in [1.165, 1.54) is 0 Å². The minimum Gasteiger partial charge on any atom is -0.497 e. The smallest absolute Gasteiger partial charge is 0.146 e. The van der Waals surface area contributed by atoms with Crippen LogP contribution in [0.5, 0.6) is 11.5 Å². The lowest BCUT2D eigenvalue weighted by molar-refractivity contribution is 0.174. The third-order valence-corrected chi connectivity index (χ3v) is 3.06. The quantitative estimate of drug-likeness (QED) is 0.776. The highest BCUT2D eigenvalue weighted by Gasteiger charge is 2.16. The number of nitrogens with zero attached hydrogens (tertiary/aromatic N) is 1. The Hall–Kier alpha value is -1.46. The van der Waals surface area contributed by atoms with E-state index in [2.05, 4.69) is 0 Å². The van der Waals surface area contributed by atoms with Gasteiger partial charge in [-0.1, -0.05) is 0 Å². The van der Waals surface area contributed by atoms with Crippen molar-refractivity contribution in [3.8, 4) is 11.5 Å². The second-order valence-electron chi connectivity index (χ2n) is 4.61. The Morgan fingerprint density at radius 3 is 2.53 bits per heavy atom. The van der Waals surface area contributed by atoms with Crippen LogP contribution in [-0.2, 0) is 0 Å². The van der Waals surface area contributed by atoms with Gasteiger partial charge in [-0.15, -0.1) is 0 Å². The Balaban J connectivity index is 2.98. The number of hydrogen-bond donors (Lipinski definition) is 2. The minimum absolute atomic E-state index is 0.443. The van der Waals surface area contributed by atoms with Crippen LogP contribution in [0.2, 0.25) is 0 Å². The SMILES string of the molecule is COc1cc(C)c(N(C)CC(O)CCN)c(OC)c1. The standard InChI is InChI=1S/C14H24N2O3/c1-10-7-12(18-3)8-13(19-4)14(10)16(2)9-11(17)5-6-15/h7-8,11,17H,5-6,9,15H2,1-4H3. The molecule has 0 heterocycles. The molecule has 5 heteroatoms. The van der Waals surface area contributed by atoms with E-state index in [-0.39, 0.29) is 0 Å². The van der Waals surface area contributed by atoms with Crippen LogP contribution in [0.3, 0.4) is 0 Å². The van der Waals surface area contributed by atoms with Gasteiger partial charge in [0.1, 0.15) is 11.5 Å². The maximum atomic E-state index is 9.85. The summed E-state index contributed by atoms with van der Waals surface area (Å²) in [6.07, 6.45) is 0.142. The molecule has 1 unspecified atom stereocenters. The predicted octanol–water partition coefficient (Wildman–Crippen LogP) is 1.16. The minimum atomic E-state index is -0.443. The van der Waals surface area contributed by atoms with Gasteiger partial charge in [0.15, 0.2) is 0 Å². The molecule has 5 nitrogen and oxygen atoms in total. The number of aliphatic hydroxyl groups excluding tert-OH is 1. The third-order valence-electron chi connectivity index (χ3n) is 3.06. The van der Waals surface area contributed by atoms with Crippen LogP contribution in [-0.4, -0.2) is 45.6 Å². The van der Waals surface area contributed by atoms with E-state index in [9.17, 15) is 5.11 Å². The topological polar surface area (TPSA) is 68.0 Å². The summed E-state index contributed by atoms with van der Waals surface area (Å²) in [5.74, 6) is 1.49. The molecule has 1 aromatic rings. The van der Waals surface area contributed by atoms with Gasteiger partial charge in [0.2, 0.25) is 0 Å². The molecule has 3 N–H and O–H groups in total. The van der Waals surface area contributed by atoms with Crippen molar-refractivity contribution in [2.45, 2.75) is 19.4 Å². The number of methoxy groups -OCH3 is 2. The first-order valence-corrected chi connectivity index (χ1v) is 6.35. The van der Waals surface area contributed by atoms with Crippen molar-refractivity contribution in [2.75, 3.05) is 39.3 Å². The van der Waals surface area contributed by atoms with Gasteiger partial charge in [0, 0.05) is 19.7 Å². The summed E-state index contributed by atoms with van der Waals surface area (Å²) >= 11 is 0. The summed E-state index contributed by atoms with van der Waals surface area (Å²) in [5.41, 5.74) is 7.45. The summed E-state index contributed by atoms with van der Waals surface area (Å²) < 4.78 is 10.6. The van der Waals surface area contributed by atoms with Gasteiger partial charge in [0.25, 0.3) is 0 Å². The summed E-state index contributed by atoms with van der Waals surface area (Å²) in [6, 6.07) is 3.79. The van der Waals surface area contributed by atoms with Crippen LogP contribution >= 0.6 is 0 Å². The number of anilines is 1. The molecule has 0 saturated heterocycles. The Bertz CT molecular complexity index is 410. The van der Waals surface area contributed by atoms with Gasteiger partial charge < -0.3 is 25.2 Å². The van der Waals surface area contributed by atoms with Gasteiger partial charge in [0.05, 0.1) is 26.0 Å². The highest BCUT2D eigenvalue weighted by atomic mass is 16.5. The normalized spacial score (nSPS) is 12.1. The first-order valence-electron chi connectivity index (χ1n) is 6.35. The van der Waals surface area contributed by atoms with E-state index in [1.54, 1.807) is 14.2 Å². The van der Waals surface area contributed by atoms with E-state index < -0.39 is 6.10 Å². The fourth-order valence-corrected chi connectivity index (χ4v) is 2.17. The molecule has 19 heavy (non-hydrogen) atoms. The second kappa shape index (κ2) is 7.21. The molecule has 108 valence electrons. The number of aryl methyl sites for hydroxylation is 1. The fraction of sp³-hybridized carbons (Fsp3) is 0.571. The number of hydrogen-bond acceptors (Lipinski definition) is 5. The van der Waals surface area contributed by atoms with Crippen molar-refractivity contribution < 1.29 is 14.6 Å². The predicted molar refractivity (Wildman–Crippen MR) is 77.2 cm³/mol. The molecule has 0 radical (unpaired) electrons. The molecule has 0 spiro atoms. The highest BCUT2D eigenvalue weighted by Crippen LogP contribution is 2.35. The maximum Gasteiger partial charge on any atom is 0.146 e. The number of aliphatic hydroxyl groups is 1. The summed E-state index contributed by atoms with van der Waals surface area (Å²) in [5, 5.41) is 9.85. The largest absolute Gasteiger partial charge is 0.497 e. The average Bonchev–Trinajstić information content (AvgIpc) is 2.37. The molecule has 1 atom stereocenters. The Kier molecular flexibility index (Phi) is 5.92. The van der Waals surface area contributed by atoms with Crippen LogP contribution in [0.4, 0.5) is 5.69 Å². The van der Waals surface area contributed by atoms with Gasteiger partial charge in [-0.05, 0) is 31.5 Å². The first kappa shape index (κ1) is 15.6. The third kappa shape index (κ3) is 4.01. The van der Waals surface area contributed by atoms with Crippen molar-refractivity contribution in [3.05, 3.63) is 17.7 Å². The lowest BCUT2D eigenvalue weighted by Gasteiger charge is -2.26. The number of rotatable bonds is 7. The molecule has 0 fully saturated rings. The van der Waals surface area contributed by atoms with Gasteiger partial charge in [-0.2, -0.15) is 0 Å². The van der Waals surface area contributed by atoms with Crippen molar-refractivity contribution in [3.63, 3.8) is 0 Å². The van der Waals surface area contributed by atoms with Crippen LogP contribution in [0.15, 0.2) is 12.1 Å². The molecule has 0 saturated carbocycles.